The van der Waals surface area contributed by atoms with E-state index in [1.54, 1.807) is 24.3 Å². The number of carbonyl (C=O) groups is 6. The van der Waals surface area contributed by atoms with Crippen molar-refractivity contribution in [2.75, 3.05) is 41.4 Å². The standard InChI is InChI=1S/C13H11ClO5.C12H9ClO5.C7H4BrClO2.C7H4ClO2.C6H4BrClO2.C6H7ClO3.3CH3.Sn/c1-17-13(16)8-4-7(8)11(15)6-2-9(14)12-10(3-6)18-5-19-12;13-8-1-5(2-9-11(8)18-4-17-9)10(14)6-3-7(6)12(15)16;8-4-1-5(9)7-6(2-4)10-3-11-7;8-5-2-1-3-6-7(5)10-4-9-6;7-3-1-4(8)6(10)5(9)2-3;1-10-6(9)4-2-3(4)5(7)8;;;;/h2-3,7-8H,4-5H2,1H3;1-2,6-7H,3-4H2,(H,15,16);1-2H,3H2;2-3H,4H2;1-2,9-10H;3-4H,2H2,1H3;3*1H3;/t7-,8-;6-,7-;;;;3-,4-;;;;/m00...0..../s1. The van der Waals surface area contributed by atoms with Crippen LogP contribution in [0.25, 0.3) is 0 Å². The van der Waals surface area contributed by atoms with Crippen molar-refractivity contribution in [3.63, 3.8) is 0 Å². The van der Waals surface area contributed by atoms with Crippen LogP contribution in [0.3, 0.4) is 0 Å². The Morgan fingerprint density at radius 3 is 1.26 bits per heavy atom. The van der Waals surface area contributed by atoms with E-state index < -0.39 is 41.4 Å². The quantitative estimate of drug-likeness (QED) is 0.0407. The number of benzene rings is 5. The number of ketones is 2. The van der Waals surface area contributed by atoms with Crippen LogP contribution in [0.2, 0.25) is 39.9 Å². The molecule has 0 aromatic heterocycles. The van der Waals surface area contributed by atoms with Crippen LogP contribution in [0.5, 0.6) is 57.5 Å². The Hall–Kier alpha value is -4.98. The second-order valence-corrected chi connectivity index (χ2v) is 38.2. The van der Waals surface area contributed by atoms with Gasteiger partial charge < -0.3 is 53.2 Å². The number of hydrogen-bond donors (Lipinski definition) is 3. The van der Waals surface area contributed by atoms with E-state index in [2.05, 4.69) is 62.2 Å². The van der Waals surface area contributed by atoms with Gasteiger partial charge in [0.25, 0.3) is 0 Å². The first-order valence-corrected chi connectivity index (χ1v) is 38.1. The molecular weight excluding hydrogens is 1440 g/mol. The van der Waals surface area contributed by atoms with E-state index in [0.717, 1.165) is 10.2 Å². The van der Waals surface area contributed by atoms with Gasteiger partial charge in [-0.2, -0.15) is 0 Å². The summed E-state index contributed by atoms with van der Waals surface area (Å²) in [5.74, 6) is -0.0340. The molecule has 4 aliphatic heterocycles. The Balaban J connectivity index is 0.000000144. The van der Waals surface area contributed by atoms with Gasteiger partial charge in [0.15, 0.2) is 57.6 Å². The molecule has 5 aromatic carbocycles. The van der Waals surface area contributed by atoms with Crippen molar-refractivity contribution in [3.05, 3.63) is 106 Å². The monoisotopic (exact) mass is 1490 g/mol. The number of aliphatic carboxylic acids is 1. The molecule has 7 aliphatic rings. The third-order valence-corrected chi connectivity index (χ3v) is 21.2. The number of rotatable bonds is 9. The van der Waals surface area contributed by atoms with Gasteiger partial charge in [0, 0.05) is 37.8 Å². The fourth-order valence-corrected chi connectivity index (χ4v) is 14.2. The molecule has 438 valence electrons. The summed E-state index contributed by atoms with van der Waals surface area (Å²) in [6.45, 7) is 0.721. The molecule has 12 rings (SSSR count). The zero-order chi connectivity index (χ0) is 60.1. The van der Waals surface area contributed by atoms with Gasteiger partial charge in [0.1, 0.15) is 0 Å². The number of phenols is 2. The first-order valence-electron chi connectivity index (χ1n) is 24.3. The number of carboxylic acid groups (broad SMARTS) is 1. The molecule has 3 aliphatic carbocycles. The van der Waals surface area contributed by atoms with E-state index in [1.807, 2.05) is 12.1 Å². The number of phenolic OH excluding ortho intramolecular Hbond substituents is 2. The van der Waals surface area contributed by atoms with Crippen molar-refractivity contribution in [2.24, 2.45) is 35.5 Å². The molecule has 0 saturated heterocycles. The Kier molecular flexibility index (Phi) is 21.9. The van der Waals surface area contributed by atoms with E-state index in [1.165, 1.54) is 36.0 Å². The number of carboxylic acids is 1. The Bertz CT molecular complexity index is 3300. The summed E-state index contributed by atoms with van der Waals surface area (Å²) in [7, 11) is 2.62. The average Bonchev–Trinajstić information content (AvgIpc) is 4.00. The Morgan fingerprint density at radius 2 is 0.854 bits per heavy atom. The summed E-state index contributed by atoms with van der Waals surface area (Å²) >= 11 is 38.9. The minimum absolute atomic E-state index is 0.0773. The van der Waals surface area contributed by atoms with E-state index in [9.17, 15) is 28.8 Å². The first-order chi connectivity index (χ1) is 38.7. The number of halogens is 8. The fraction of sp³-hybridized carbons (Fsp3) is 0.333. The molecule has 3 N–H and O–H groups in total. The van der Waals surface area contributed by atoms with Crippen LogP contribution in [-0.2, 0) is 28.7 Å². The van der Waals surface area contributed by atoms with Gasteiger partial charge in [0.05, 0.1) is 52.1 Å². The maximum absolute atomic E-state index is 12.2. The first kappa shape index (κ1) is 64.6. The van der Waals surface area contributed by atoms with E-state index in [0.29, 0.717) is 95.2 Å². The number of methoxy groups -OCH3 is 2. The summed E-state index contributed by atoms with van der Waals surface area (Å²) in [5, 5.41) is 28.3. The average molecular weight is 1490 g/mol. The number of hydrogen-bond acceptors (Lipinski definition) is 18. The second kappa shape index (κ2) is 27.8. The number of carbonyl (C=O) groups excluding carboxylic acids is 5. The number of ether oxygens (including phenoxy) is 10. The van der Waals surface area contributed by atoms with Crippen LogP contribution < -0.4 is 41.5 Å². The molecule has 3 fully saturated rings. The molecule has 19 nitrogen and oxygen atoms in total. The number of esters is 2. The zero-order valence-electron chi connectivity index (χ0n) is 43.6. The van der Waals surface area contributed by atoms with Crippen molar-refractivity contribution in [2.45, 2.75) is 34.1 Å². The number of Topliss-reactive ketones (excluding diaryl/α,β-unsaturated/α-hetero) is 2. The zero-order valence-corrected chi connectivity index (χ0v) is 54.1. The molecule has 82 heavy (non-hydrogen) atoms. The fourth-order valence-electron chi connectivity index (χ4n) is 8.05. The molecule has 3 saturated carbocycles. The molecule has 0 bridgehead atoms. The summed E-state index contributed by atoms with van der Waals surface area (Å²) in [4.78, 5) is 74.5. The molecule has 5 aromatic rings. The van der Waals surface area contributed by atoms with Crippen LogP contribution >= 0.6 is 101 Å². The van der Waals surface area contributed by atoms with Gasteiger partial charge in [-0.05, 0) is 79.4 Å². The van der Waals surface area contributed by atoms with Crippen LogP contribution in [0.1, 0.15) is 40.0 Å². The van der Waals surface area contributed by atoms with Crippen molar-refractivity contribution in [1.29, 1.82) is 0 Å². The van der Waals surface area contributed by atoms with Crippen LogP contribution in [0.4, 0.5) is 0 Å². The minimum atomic E-state index is -2.05. The topological polar surface area (TPSA) is 255 Å². The number of fused-ring (bicyclic) bond motifs is 4. The Labute approximate surface area is 519 Å². The third-order valence-electron chi connectivity index (χ3n) is 12.8. The normalized spacial score (nSPS) is 19.7. The summed E-state index contributed by atoms with van der Waals surface area (Å²) in [6, 6.07) is 16.8. The summed E-state index contributed by atoms with van der Waals surface area (Å²) < 4.78 is 53.5. The van der Waals surface area contributed by atoms with Gasteiger partial charge >= 0.3 is 111 Å². The van der Waals surface area contributed by atoms with E-state index in [4.69, 9.17) is 123 Å². The summed E-state index contributed by atoms with van der Waals surface area (Å²) in [6.07, 6.45) is 1.47. The van der Waals surface area contributed by atoms with Gasteiger partial charge in [0.2, 0.25) is 25.6 Å². The van der Waals surface area contributed by atoms with Crippen molar-refractivity contribution >= 4 is 158 Å². The van der Waals surface area contributed by atoms with Gasteiger partial charge in [-0.1, -0.05) is 78.3 Å². The second-order valence-electron chi connectivity index (χ2n) is 19.5. The van der Waals surface area contributed by atoms with Gasteiger partial charge in [-0.25, -0.2) is 0 Å². The predicted molar refractivity (Wildman–Crippen MR) is 309 cm³/mol. The predicted octanol–water partition coefficient (Wildman–Crippen LogP) is 12.6. The van der Waals surface area contributed by atoms with E-state index >= 15 is 0 Å². The third kappa shape index (κ3) is 16.3. The molecule has 0 spiro atoms. The van der Waals surface area contributed by atoms with Crippen LogP contribution in [0.15, 0.2) is 69.6 Å². The Morgan fingerprint density at radius 1 is 0.488 bits per heavy atom. The molecule has 4 heterocycles. The maximum atomic E-state index is 12.2. The molecule has 28 heteroatoms. The van der Waals surface area contributed by atoms with Crippen molar-refractivity contribution < 1.29 is 91.5 Å². The van der Waals surface area contributed by atoms with Crippen molar-refractivity contribution in [3.8, 4) is 57.5 Å². The molecule has 6 atom stereocenters. The molecule has 0 unspecified atom stereocenters. The van der Waals surface area contributed by atoms with Crippen LogP contribution in [0, 0.1) is 35.5 Å². The van der Waals surface area contributed by atoms with Gasteiger partial charge in [-0.3, -0.25) is 28.8 Å². The molecule has 0 radical (unpaired) electrons. The summed E-state index contributed by atoms with van der Waals surface area (Å²) in [5.41, 5.74) is 0.809. The number of aromatic hydroxyl groups is 2. The van der Waals surface area contributed by atoms with Gasteiger partial charge in [-0.15, -0.1) is 0 Å². The van der Waals surface area contributed by atoms with E-state index in [-0.39, 0.29) is 90.9 Å². The van der Waals surface area contributed by atoms with Crippen molar-refractivity contribution in [1.82, 2.24) is 0 Å². The SMILES string of the molecule is COC(=O)[C@H]1C[C@@H]1C(=O)Cl.COC(=O)[C@H]1C[C@@H]1C(=O)c1cc(Cl)c2c(c1)OCO2.Clc1cc(Br)cc2c1OCO2.O=C(O)[C@H]1C[C@@H]1C(=O)c1cc(Cl)c2c(c1)OCO2.Oc1cc(Br)cc(Cl)c1O.[CH3][Sn]([CH3])([CH3])[c]1cc(Cl)c2c(c1)OCO2. The van der Waals surface area contributed by atoms with Crippen LogP contribution in [-0.4, -0.2) is 110 Å². The molecule has 0 amide bonds. The molecular formula is C54H48Br2Cl6O19Sn.